The van der Waals surface area contributed by atoms with Crippen LogP contribution < -0.4 is 5.73 Å². The zero-order valence-electron chi connectivity index (χ0n) is 35.2. The van der Waals surface area contributed by atoms with Gasteiger partial charge in [-0.2, -0.15) is 0 Å². The predicted molar refractivity (Wildman–Crippen MR) is 226 cm³/mol. The van der Waals surface area contributed by atoms with E-state index in [4.69, 9.17) is 24.8 Å². The van der Waals surface area contributed by atoms with E-state index in [2.05, 4.69) is 54.8 Å². The largest absolute Gasteiger partial charge is 0.480 e. The quantitative estimate of drug-likeness (QED) is 0.0232. The van der Waals surface area contributed by atoms with Gasteiger partial charge in [0, 0.05) is 12.8 Å². The highest BCUT2D eigenvalue weighted by Crippen LogP contribution is 2.43. The summed E-state index contributed by atoms with van der Waals surface area (Å²) in [5, 5.41) is 8.89. The van der Waals surface area contributed by atoms with Crippen LogP contribution in [0.2, 0.25) is 0 Å². The molecule has 0 saturated heterocycles. The van der Waals surface area contributed by atoms with Crippen molar-refractivity contribution in [3.05, 3.63) is 36.5 Å². The predicted octanol–water partition coefficient (Wildman–Crippen LogP) is 11.6. The van der Waals surface area contributed by atoms with Gasteiger partial charge in [0.1, 0.15) is 12.6 Å². The Morgan fingerprint density at radius 2 is 0.946 bits per heavy atom. The average molecular weight is 814 g/mol. The van der Waals surface area contributed by atoms with E-state index in [-0.39, 0.29) is 19.4 Å². The van der Waals surface area contributed by atoms with E-state index in [1.54, 1.807) is 0 Å². The maximum atomic E-state index is 12.6. The molecule has 0 bridgehead atoms. The Kier molecular flexibility index (Phi) is 37.9. The number of esters is 2. The Bertz CT molecular complexity index is 1100. The van der Waals surface area contributed by atoms with Crippen LogP contribution in [-0.2, 0) is 37.5 Å². The molecule has 0 radical (unpaired) electrons. The SMILES string of the molecule is CCCCC/C=C/C/C=C/CCCCCCCCCC(=O)O[C@H](COC(=O)CCCCC/C=C/CCCCCCCCCC)COP(=O)(O)OC[C@H](N)C(=O)O. The molecule has 11 nitrogen and oxygen atoms in total. The van der Waals surface area contributed by atoms with Crippen LogP contribution in [-0.4, -0.2) is 59.9 Å². The van der Waals surface area contributed by atoms with Crippen LogP contribution in [0.4, 0.5) is 0 Å². The minimum absolute atomic E-state index is 0.149. The van der Waals surface area contributed by atoms with Crippen LogP contribution >= 0.6 is 7.82 Å². The molecule has 0 aromatic rings. The minimum atomic E-state index is -4.72. The normalized spacial score (nSPS) is 14.1. The molecule has 0 aliphatic heterocycles. The van der Waals surface area contributed by atoms with Gasteiger partial charge in [0.25, 0.3) is 0 Å². The lowest BCUT2D eigenvalue weighted by molar-refractivity contribution is -0.161. The summed E-state index contributed by atoms with van der Waals surface area (Å²) in [6, 6.07) is -1.52. The molecule has 0 aromatic carbocycles. The zero-order chi connectivity index (χ0) is 41.4. The first-order valence-corrected chi connectivity index (χ1v) is 23.5. The molecule has 4 N–H and O–H groups in total. The standard InChI is InChI=1S/C44H80NO10P/c1-3-5-7-9-11-13-15-17-19-20-22-24-26-28-30-32-34-36-43(47)55-40(38-53-56(50,51)54-39-41(45)44(48)49)37-52-42(46)35-33-31-29-27-25-23-21-18-16-14-12-10-8-6-4-2/h11,13,17,19,23,25,40-41H,3-10,12,14-16,18,20-22,24,26-39,45H2,1-2H3,(H,48,49)(H,50,51)/b13-11+,19-17+,25-23+/t40-,41+/m1/s1. The van der Waals surface area contributed by atoms with Crippen molar-refractivity contribution in [3.63, 3.8) is 0 Å². The fourth-order valence-electron chi connectivity index (χ4n) is 5.85. The van der Waals surface area contributed by atoms with Gasteiger partial charge in [-0.3, -0.25) is 23.4 Å². The monoisotopic (exact) mass is 814 g/mol. The first-order chi connectivity index (χ1) is 27.1. The van der Waals surface area contributed by atoms with E-state index < -0.39 is 51.1 Å². The molecule has 0 aliphatic carbocycles. The molecule has 0 rings (SSSR count). The second-order valence-electron chi connectivity index (χ2n) is 14.8. The third kappa shape index (κ3) is 38.6. The molecule has 12 heteroatoms. The highest BCUT2D eigenvalue weighted by molar-refractivity contribution is 7.47. The van der Waals surface area contributed by atoms with Crippen molar-refractivity contribution in [2.24, 2.45) is 5.73 Å². The number of rotatable bonds is 41. The lowest BCUT2D eigenvalue weighted by atomic mass is 10.1. The summed E-state index contributed by atoms with van der Waals surface area (Å²) in [6.45, 7) is 2.76. The van der Waals surface area contributed by atoms with Crippen molar-refractivity contribution in [2.45, 2.75) is 206 Å². The second kappa shape index (κ2) is 39.5. The van der Waals surface area contributed by atoms with Gasteiger partial charge in [-0.15, -0.1) is 0 Å². The van der Waals surface area contributed by atoms with Gasteiger partial charge >= 0.3 is 25.7 Å². The summed E-state index contributed by atoms with van der Waals surface area (Å²) >= 11 is 0. The molecule has 0 aromatic heterocycles. The number of phosphoric ester groups is 1. The molecular weight excluding hydrogens is 733 g/mol. The average Bonchev–Trinajstić information content (AvgIpc) is 3.17. The van der Waals surface area contributed by atoms with Gasteiger partial charge in [0.05, 0.1) is 13.2 Å². The highest BCUT2D eigenvalue weighted by atomic mass is 31.2. The van der Waals surface area contributed by atoms with E-state index in [1.807, 2.05) is 0 Å². The van der Waals surface area contributed by atoms with Gasteiger partial charge in [0.2, 0.25) is 0 Å². The fourth-order valence-corrected chi connectivity index (χ4v) is 6.63. The van der Waals surface area contributed by atoms with Crippen LogP contribution in [0.15, 0.2) is 36.5 Å². The van der Waals surface area contributed by atoms with Crippen LogP contribution in [0.5, 0.6) is 0 Å². The highest BCUT2D eigenvalue weighted by Gasteiger charge is 2.28. The van der Waals surface area contributed by atoms with E-state index >= 15 is 0 Å². The Morgan fingerprint density at radius 3 is 1.46 bits per heavy atom. The number of phosphoric acid groups is 1. The van der Waals surface area contributed by atoms with Gasteiger partial charge in [-0.05, 0) is 70.6 Å². The van der Waals surface area contributed by atoms with Crippen LogP contribution in [0, 0.1) is 0 Å². The summed E-state index contributed by atoms with van der Waals surface area (Å²) in [5.74, 6) is -2.41. The van der Waals surface area contributed by atoms with Crippen LogP contribution in [0.25, 0.3) is 0 Å². The molecule has 326 valence electrons. The Labute approximate surface area is 340 Å². The fraction of sp³-hybridized carbons (Fsp3) is 0.795. The number of carbonyl (C=O) groups is 3. The van der Waals surface area contributed by atoms with E-state index in [9.17, 15) is 23.8 Å². The first-order valence-electron chi connectivity index (χ1n) is 22.0. The molecule has 0 heterocycles. The number of aliphatic carboxylic acids is 1. The number of hydrogen-bond donors (Lipinski definition) is 3. The van der Waals surface area contributed by atoms with E-state index in [1.165, 1.54) is 89.9 Å². The van der Waals surface area contributed by atoms with Gasteiger partial charge in [0.15, 0.2) is 6.10 Å². The van der Waals surface area contributed by atoms with Crippen molar-refractivity contribution in [2.75, 3.05) is 19.8 Å². The molecule has 0 amide bonds. The van der Waals surface area contributed by atoms with Crippen molar-refractivity contribution in [3.8, 4) is 0 Å². The summed E-state index contributed by atoms with van der Waals surface area (Å²) in [7, 11) is -4.72. The summed E-state index contributed by atoms with van der Waals surface area (Å²) in [5.41, 5.74) is 5.33. The molecule has 1 unspecified atom stereocenters. The summed E-state index contributed by atoms with van der Waals surface area (Å²) < 4.78 is 32.7. The first kappa shape index (κ1) is 53.7. The molecule has 0 saturated carbocycles. The van der Waals surface area contributed by atoms with E-state index in [0.717, 1.165) is 64.2 Å². The third-order valence-corrected chi connectivity index (χ3v) is 10.3. The topological polar surface area (TPSA) is 172 Å². The number of nitrogens with two attached hydrogens (primary N) is 1. The van der Waals surface area contributed by atoms with E-state index in [0.29, 0.717) is 12.8 Å². The molecule has 3 atom stereocenters. The Balaban J connectivity index is 4.39. The number of carboxylic acids is 1. The number of unbranched alkanes of at least 4 members (excludes halogenated alkanes) is 21. The number of carbonyl (C=O) groups excluding carboxylic acids is 2. The van der Waals surface area contributed by atoms with Crippen LogP contribution in [0.1, 0.15) is 194 Å². The molecule has 56 heavy (non-hydrogen) atoms. The summed E-state index contributed by atoms with van der Waals surface area (Å²) in [6.07, 6.45) is 42.0. The van der Waals surface area contributed by atoms with Crippen LogP contribution in [0.3, 0.4) is 0 Å². The smallest absolute Gasteiger partial charge is 0.472 e. The van der Waals surface area contributed by atoms with Gasteiger partial charge < -0.3 is 25.2 Å². The Morgan fingerprint density at radius 1 is 0.554 bits per heavy atom. The zero-order valence-corrected chi connectivity index (χ0v) is 36.1. The van der Waals surface area contributed by atoms with Crippen molar-refractivity contribution in [1.82, 2.24) is 0 Å². The lowest BCUT2D eigenvalue weighted by Gasteiger charge is -2.20. The summed E-state index contributed by atoms with van der Waals surface area (Å²) in [4.78, 5) is 45.9. The Hall–Kier alpha value is -2.30. The third-order valence-electron chi connectivity index (χ3n) is 9.36. The number of carboxylic acid groups (broad SMARTS) is 1. The molecule has 0 aliphatic rings. The minimum Gasteiger partial charge on any atom is -0.480 e. The number of allylic oxidation sites excluding steroid dienone is 6. The lowest BCUT2D eigenvalue weighted by Crippen LogP contribution is -2.34. The molecule has 0 spiro atoms. The van der Waals surface area contributed by atoms with Crippen molar-refractivity contribution < 1.29 is 47.5 Å². The van der Waals surface area contributed by atoms with Crippen molar-refractivity contribution in [1.29, 1.82) is 0 Å². The number of ether oxygens (including phenoxy) is 2. The second-order valence-corrected chi connectivity index (χ2v) is 16.3. The van der Waals surface area contributed by atoms with Crippen molar-refractivity contribution >= 4 is 25.7 Å². The molecular formula is C44H80NO10P. The number of hydrogen-bond acceptors (Lipinski definition) is 9. The maximum Gasteiger partial charge on any atom is 0.472 e. The molecule has 0 fully saturated rings. The maximum absolute atomic E-state index is 12.6. The van der Waals surface area contributed by atoms with Gasteiger partial charge in [-0.25, -0.2) is 4.57 Å². The van der Waals surface area contributed by atoms with Gasteiger partial charge in [-0.1, -0.05) is 147 Å².